The first-order chi connectivity index (χ1) is 8.89. The maximum Gasteiger partial charge on any atom is 0.110 e. The Labute approximate surface area is 119 Å². The first-order valence-electron chi connectivity index (χ1n) is 7.22. The van der Waals surface area contributed by atoms with Crippen molar-refractivity contribution in [2.75, 3.05) is 11.5 Å². The van der Waals surface area contributed by atoms with Crippen LogP contribution in [0.1, 0.15) is 44.9 Å². The summed E-state index contributed by atoms with van der Waals surface area (Å²) in [6.07, 6.45) is 13.6. The minimum absolute atomic E-state index is 0.352. The van der Waals surface area contributed by atoms with E-state index in [1.165, 1.54) is 56.5 Å². The molecule has 18 heavy (non-hydrogen) atoms. The second-order valence-electron chi connectivity index (χ2n) is 5.53. The second kappa shape index (κ2) is 6.00. The number of hydrogen-bond acceptors (Lipinski definition) is 4. The molecule has 2 nitrogen and oxygen atoms in total. The molecule has 0 bridgehead atoms. The van der Waals surface area contributed by atoms with Gasteiger partial charge < -0.3 is 0 Å². The van der Waals surface area contributed by atoms with Crippen molar-refractivity contribution in [3.63, 3.8) is 0 Å². The fraction of sp³-hybridized carbons (Fsp3) is 0.857. The molecule has 2 aliphatic heterocycles. The van der Waals surface area contributed by atoms with Gasteiger partial charge in [0.1, 0.15) is 6.34 Å². The lowest BCUT2D eigenvalue weighted by atomic mass is 9.84. The normalized spacial score (nSPS) is 31.9. The van der Waals surface area contributed by atoms with Crippen molar-refractivity contribution in [1.82, 2.24) is 0 Å². The molecule has 3 aliphatic rings. The Kier molecular flexibility index (Phi) is 4.34. The summed E-state index contributed by atoms with van der Waals surface area (Å²) in [7, 11) is 0. The Bertz CT molecular complexity index is 317. The van der Waals surface area contributed by atoms with Gasteiger partial charge in [-0.25, -0.2) is 4.99 Å². The minimum atomic E-state index is 0.352. The lowest BCUT2D eigenvalue weighted by Gasteiger charge is -2.44. The van der Waals surface area contributed by atoms with E-state index in [1.807, 2.05) is 6.21 Å². The van der Waals surface area contributed by atoms with Crippen molar-refractivity contribution in [3.8, 4) is 0 Å². The van der Waals surface area contributed by atoms with Crippen molar-refractivity contribution in [3.05, 3.63) is 0 Å². The third kappa shape index (κ3) is 2.79. The molecule has 4 heteroatoms. The monoisotopic (exact) mass is 282 g/mol. The fourth-order valence-electron chi connectivity index (χ4n) is 3.35. The van der Waals surface area contributed by atoms with E-state index >= 15 is 0 Å². The standard InChI is InChI=1S/C14H22N2S2/c1-2-5-12(6-3-1)14(17-7-4-8-18-14)9-13-10-15-11-16-13/h10-13H,1-9H2. The van der Waals surface area contributed by atoms with Crippen LogP contribution < -0.4 is 0 Å². The molecule has 0 radical (unpaired) electrons. The first-order valence-corrected chi connectivity index (χ1v) is 9.19. The zero-order valence-electron chi connectivity index (χ0n) is 10.9. The van der Waals surface area contributed by atoms with E-state index in [4.69, 9.17) is 0 Å². The van der Waals surface area contributed by atoms with Gasteiger partial charge in [0, 0.05) is 6.21 Å². The molecule has 1 saturated heterocycles. The van der Waals surface area contributed by atoms with E-state index in [1.54, 1.807) is 6.34 Å². The average molecular weight is 282 g/mol. The number of hydrogen-bond donors (Lipinski definition) is 0. The van der Waals surface area contributed by atoms with Crippen molar-refractivity contribution < 1.29 is 0 Å². The van der Waals surface area contributed by atoms with Crippen LogP contribution >= 0.6 is 23.5 Å². The average Bonchev–Trinajstić information content (AvgIpc) is 2.94. The van der Waals surface area contributed by atoms with E-state index < -0.39 is 0 Å². The molecule has 2 heterocycles. The molecule has 1 atom stereocenters. The summed E-state index contributed by atoms with van der Waals surface area (Å²) in [4.78, 5) is 8.67. The Hall–Kier alpha value is 0.0400. The van der Waals surface area contributed by atoms with E-state index in [9.17, 15) is 0 Å². The van der Waals surface area contributed by atoms with Crippen LogP contribution in [0.4, 0.5) is 0 Å². The molecular formula is C14H22N2S2. The number of rotatable bonds is 3. The third-order valence-electron chi connectivity index (χ3n) is 4.29. The molecular weight excluding hydrogens is 260 g/mol. The summed E-state index contributed by atoms with van der Waals surface area (Å²) < 4.78 is 0.442. The lowest BCUT2D eigenvalue weighted by Crippen LogP contribution is -2.38. The van der Waals surface area contributed by atoms with Gasteiger partial charge in [-0.1, -0.05) is 19.3 Å². The highest BCUT2D eigenvalue weighted by atomic mass is 32.2. The molecule has 0 amide bonds. The van der Waals surface area contributed by atoms with E-state index in [0.717, 1.165) is 5.92 Å². The van der Waals surface area contributed by atoms with Crippen LogP contribution in [0, 0.1) is 5.92 Å². The highest BCUT2D eigenvalue weighted by Crippen LogP contribution is 2.54. The largest absolute Gasteiger partial charge is 0.264 e. The molecule has 1 unspecified atom stereocenters. The molecule has 0 aromatic rings. The molecule has 0 aromatic heterocycles. The van der Waals surface area contributed by atoms with Crippen molar-refractivity contribution in [1.29, 1.82) is 0 Å². The van der Waals surface area contributed by atoms with E-state index in [0.29, 0.717) is 10.1 Å². The van der Waals surface area contributed by atoms with Crippen LogP contribution in [0.15, 0.2) is 9.98 Å². The van der Waals surface area contributed by atoms with Gasteiger partial charge in [-0.15, -0.1) is 23.5 Å². The third-order valence-corrected chi connectivity index (χ3v) is 7.96. The fourth-order valence-corrected chi connectivity index (χ4v) is 7.15. The zero-order valence-corrected chi connectivity index (χ0v) is 12.5. The molecule has 1 saturated carbocycles. The van der Waals surface area contributed by atoms with Gasteiger partial charge in [-0.2, -0.15) is 0 Å². The predicted octanol–water partition coefficient (Wildman–Crippen LogP) is 4.00. The van der Waals surface area contributed by atoms with Crippen molar-refractivity contribution in [2.24, 2.45) is 15.9 Å². The summed E-state index contributed by atoms with van der Waals surface area (Å²) in [5.41, 5.74) is 0. The lowest BCUT2D eigenvalue weighted by molar-refractivity contribution is 0.322. The maximum atomic E-state index is 4.50. The Morgan fingerprint density at radius 2 is 1.83 bits per heavy atom. The van der Waals surface area contributed by atoms with Gasteiger partial charge >= 0.3 is 0 Å². The van der Waals surface area contributed by atoms with E-state index in [-0.39, 0.29) is 0 Å². The van der Waals surface area contributed by atoms with Gasteiger partial charge in [0.05, 0.1) is 10.1 Å². The zero-order chi connectivity index (χ0) is 12.3. The SMILES string of the molecule is C1=NC=NC1CC1(C2CCCCC2)SCCCS1. The van der Waals surface area contributed by atoms with Gasteiger partial charge in [0.15, 0.2) is 0 Å². The van der Waals surface area contributed by atoms with Crippen molar-refractivity contribution >= 4 is 36.1 Å². The van der Waals surface area contributed by atoms with Gasteiger partial charge in [-0.3, -0.25) is 4.99 Å². The van der Waals surface area contributed by atoms with Crippen LogP contribution in [0.25, 0.3) is 0 Å². The Morgan fingerprint density at radius 1 is 1.06 bits per heavy atom. The highest BCUT2D eigenvalue weighted by molar-refractivity contribution is 8.18. The number of thioether (sulfide) groups is 2. The molecule has 1 aliphatic carbocycles. The van der Waals surface area contributed by atoms with Crippen LogP contribution in [0.3, 0.4) is 0 Å². The summed E-state index contributed by atoms with van der Waals surface area (Å²) in [6.45, 7) is 0. The van der Waals surface area contributed by atoms with E-state index in [2.05, 4.69) is 33.5 Å². The molecule has 0 N–H and O–H groups in total. The van der Waals surface area contributed by atoms with Crippen LogP contribution in [-0.4, -0.2) is 34.2 Å². The summed E-state index contributed by atoms with van der Waals surface area (Å²) in [6, 6.07) is 0.352. The molecule has 0 spiro atoms. The molecule has 0 aromatic carbocycles. The summed E-state index contributed by atoms with van der Waals surface area (Å²) >= 11 is 4.46. The highest BCUT2D eigenvalue weighted by Gasteiger charge is 2.43. The maximum absolute atomic E-state index is 4.50. The van der Waals surface area contributed by atoms with Crippen LogP contribution in [0.2, 0.25) is 0 Å². The van der Waals surface area contributed by atoms with Crippen molar-refractivity contribution in [2.45, 2.75) is 55.1 Å². The second-order valence-corrected chi connectivity index (χ2v) is 8.64. The van der Waals surface area contributed by atoms with Gasteiger partial charge in [-0.05, 0) is 43.1 Å². The predicted molar refractivity (Wildman–Crippen MR) is 84.2 cm³/mol. The van der Waals surface area contributed by atoms with Crippen LogP contribution in [-0.2, 0) is 0 Å². The first kappa shape index (κ1) is 13.0. The quantitative estimate of drug-likeness (QED) is 0.781. The Balaban J connectivity index is 1.73. The molecule has 3 rings (SSSR count). The van der Waals surface area contributed by atoms with Crippen LogP contribution in [0.5, 0.6) is 0 Å². The number of nitrogens with zero attached hydrogens (tertiary/aromatic N) is 2. The number of aliphatic imine (C=N–C) groups is 2. The van der Waals surface area contributed by atoms with Gasteiger partial charge in [0.25, 0.3) is 0 Å². The van der Waals surface area contributed by atoms with Gasteiger partial charge in [0.2, 0.25) is 0 Å². The minimum Gasteiger partial charge on any atom is -0.264 e. The summed E-state index contributed by atoms with van der Waals surface area (Å²) in [5, 5.41) is 0. The summed E-state index contributed by atoms with van der Waals surface area (Å²) in [5.74, 6) is 3.60. The molecule has 2 fully saturated rings. The topological polar surface area (TPSA) is 24.7 Å². The smallest absolute Gasteiger partial charge is 0.110 e. The molecule has 100 valence electrons. The Morgan fingerprint density at radius 3 is 2.50 bits per heavy atom.